The molecule has 1 saturated heterocycles. The molecule has 0 bridgehead atoms. The molecule has 1 heterocycles. The van der Waals surface area contributed by atoms with Crippen LogP contribution in [0.3, 0.4) is 0 Å². The molecule has 0 radical (unpaired) electrons. The van der Waals surface area contributed by atoms with Gasteiger partial charge in [0.15, 0.2) is 0 Å². The molecule has 0 spiro atoms. The quantitative estimate of drug-likeness (QED) is 0.381. The normalized spacial score (nSPS) is 17.3. The first-order valence-corrected chi connectivity index (χ1v) is 14.0. The highest BCUT2D eigenvalue weighted by molar-refractivity contribution is 8.04. The van der Waals surface area contributed by atoms with E-state index in [4.69, 9.17) is 9.79 Å². The Bertz CT molecular complexity index is 1090. The third kappa shape index (κ3) is 7.06. The van der Waals surface area contributed by atoms with Crippen LogP contribution in [0.5, 0.6) is 0 Å². The lowest BCUT2D eigenvalue weighted by atomic mass is 9.95. The lowest BCUT2D eigenvalue weighted by Crippen LogP contribution is -2.53. The second-order valence-corrected chi connectivity index (χ2v) is 11.3. The largest absolute Gasteiger partial charge is 0.359 e. The van der Waals surface area contributed by atoms with E-state index in [-0.39, 0.29) is 30.0 Å². The lowest BCUT2D eigenvalue weighted by molar-refractivity contribution is -0.140. The molecule has 4 N–H and O–H groups in total. The summed E-state index contributed by atoms with van der Waals surface area (Å²) in [7, 11) is -2.65. The molecule has 2 aromatic rings. The van der Waals surface area contributed by atoms with Gasteiger partial charge in [-0.05, 0) is 35.6 Å². The summed E-state index contributed by atoms with van der Waals surface area (Å²) in [6.45, 7) is 0.499. The summed E-state index contributed by atoms with van der Waals surface area (Å²) < 4.78 is 11.0. The Morgan fingerprint density at radius 2 is 1.88 bits per heavy atom. The Hall–Kier alpha value is -2.39. The van der Waals surface area contributed by atoms with Crippen molar-refractivity contribution in [2.24, 2.45) is 0 Å². The molecule has 3 amide bonds. The van der Waals surface area contributed by atoms with Gasteiger partial charge in [0.25, 0.3) is 0 Å². The van der Waals surface area contributed by atoms with Crippen molar-refractivity contribution < 1.29 is 28.7 Å². The van der Waals surface area contributed by atoms with E-state index >= 15 is 0 Å². The van der Waals surface area contributed by atoms with E-state index in [0.29, 0.717) is 13.0 Å². The number of rotatable bonds is 9. The van der Waals surface area contributed by atoms with Crippen LogP contribution in [0.15, 0.2) is 42.5 Å². The average Bonchev–Trinajstić information content (AvgIpc) is 2.82. The zero-order valence-corrected chi connectivity index (χ0v) is 20.7. The number of hydrogen-bond acceptors (Lipinski definition) is 5. The van der Waals surface area contributed by atoms with Crippen molar-refractivity contribution in [2.45, 2.75) is 31.2 Å². The topological polar surface area (TPSA) is 136 Å². The van der Waals surface area contributed by atoms with Crippen LogP contribution in [0.1, 0.15) is 30.7 Å². The molecule has 2 unspecified atom stereocenters. The molecule has 9 nitrogen and oxygen atoms in total. The minimum atomic E-state index is -4.20. The van der Waals surface area contributed by atoms with Crippen molar-refractivity contribution in [3.63, 3.8) is 0 Å². The van der Waals surface area contributed by atoms with Crippen LogP contribution < -0.4 is 10.6 Å². The fourth-order valence-electron chi connectivity index (χ4n) is 4.12. The third-order valence-corrected chi connectivity index (χ3v) is 8.36. The number of nitrogens with one attached hydrogen (secondary N) is 2. The van der Waals surface area contributed by atoms with Crippen LogP contribution in [0.25, 0.3) is 10.8 Å². The molecule has 11 heteroatoms. The van der Waals surface area contributed by atoms with Crippen molar-refractivity contribution in [2.75, 3.05) is 31.4 Å². The van der Waals surface area contributed by atoms with Gasteiger partial charge in [0.2, 0.25) is 17.7 Å². The number of benzene rings is 2. The van der Waals surface area contributed by atoms with Crippen LogP contribution in [-0.2, 0) is 18.9 Å². The number of carbonyl (C=O) groups is 3. The minimum absolute atomic E-state index is 0.0856. The molecule has 1 aliphatic rings. The zero-order chi connectivity index (χ0) is 24.7. The first-order chi connectivity index (χ1) is 16.2. The molecular formula is C23H30N3O6PS. The Labute approximate surface area is 202 Å². The Kier molecular flexibility index (Phi) is 9.13. The zero-order valence-electron chi connectivity index (χ0n) is 19.0. The standard InChI is InChI=1S/C23H30N3O6PS/c1-24-22(28)19(18-10-9-16-6-2-3-7-17(16)12-18)13-25-23(29)20-8-4-5-11-26(20)21(27)14-34-15-33(30,31)32/h2-3,6-7,9-10,12,19-20H,4-5,8,11,13-15H2,1H3,(H,24,28)(H,25,29)(H2,30,31,32). The van der Waals surface area contributed by atoms with E-state index in [0.717, 1.165) is 40.9 Å². The van der Waals surface area contributed by atoms with E-state index in [1.165, 1.54) is 4.90 Å². The monoisotopic (exact) mass is 507 g/mol. The molecule has 2 atom stereocenters. The molecule has 0 aliphatic carbocycles. The SMILES string of the molecule is CNC(=O)C(CNC(=O)C1CCCCN1C(=O)CSCP(=O)(O)O)c1ccc2ccccc2c1. The van der Waals surface area contributed by atoms with E-state index in [9.17, 15) is 18.9 Å². The van der Waals surface area contributed by atoms with Crippen molar-refractivity contribution in [3.05, 3.63) is 48.0 Å². The summed E-state index contributed by atoms with van der Waals surface area (Å²) in [6, 6.07) is 12.9. The van der Waals surface area contributed by atoms with Gasteiger partial charge >= 0.3 is 7.60 Å². The number of likely N-dealkylation sites (N-methyl/N-ethyl adjacent to an activating group) is 1. The number of thioether (sulfide) groups is 1. The van der Waals surface area contributed by atoms with Gasteiger partial charge in [-0.3, -0.25) is 18.9 Å². The van der Waals surface area contributed by atoms with Gasteiger partial charge in [0.1, 0.15) is 6.04 Å². The molecule has 1 fully saturated rings. The van der Waals surface area contributed by atoms with Crippen molar-refractivity contribution in [3.8, 4) is 0 Å². The van der Waals surface area contributed by atoms with Gasteiger partial charge in [-0.15, -0.1) is 11.8 Å². The Morgan fingerprint density at radius 1 is 1.15 bits per heavy atom. The van der Waals surface area contributed by atoms with E-state index in [1.54, 1.807) is 7.05 Å². The molecule has 0 aromatic heterocycles. The maximum atomic E-state index is 13.0. The minimum Gasteiger partial charge on any atom is -0.359 e. The molecular weight excluding hydrogens is 477 g/mol. The van der Waals surface area contributed by atoms with Gasteiger partial charge in [-0.1, -0.05) is 42.5 Å². The van der Waals surface area contributed by atoms with Gasteiger partial charge < -0.3 is 25.3 Å². The third-order valence-electron chi connectivity index (χ3n) is 5.83. The van der Waals surface area contributed by atoms with Gasteiger partial charge in [-0.2, -0.15) is 0 Å². The average molecular weight is 508 g/mol. The second kappa shape index (κ2) is 11.8. The summed E-state index contributed by atoms with van der Waals surface area (Å²) >= 11 is 0.860. The first-order valence-electron chi connectivity index (χ1n) is 11.1. The number of fused-ring (bicyclic) bond motifs is 1. The predicted octanol–water partition coefficient (Wildman–Crippen LogP) is 2.04. The van der Waals surface area contributed by atoms with E-state index in [2.05, 4.69) is 10.6 Å². The number of amides is 3. The number of nitrogens with zero attached hydrogens (tertiary/aromatic N) is 1. The maximum absolute atomic E-state index is 13.0. The highest BCUT2D eigenvalue weighted by Gasteiger charge is 2.33. The number of hydrogen-bond donors (Lipinski definition) is 4. The molecule has 34 heavy (non-hydrogen) atoms. The van der Waals surface area contributed by atoms with Crippen LogP contribution >= 0.6 is 19.4 Å². The van der Waals surface area contributed by atoms with E-state index < -0.39 is 25.0 Å². The maximum Gasteiger partial charge on any atom is 0.335 e. The van der Waals surface area contributed by atoms with Crippen molar-refractivity contribution in [1.29, 1.82) is 0 Å². The van der Waals surface area contributed by atoms with Crippen molar-refractivity contribution >= 4 is 47.9 Å². The second-order valence-electron chi connectivity index (χ2n) is 8.26. The van der Waals surface area contributed by atoms with Gasteiger partial charge in [0, 0.05) is 20.1 Å². The van der Waals surface area contributed by atoms with E-state index in [1.807, 2.05) is 42.5 Å². The number of piperidine rings is 1. The lowest BCUT2D eigenvalue weighted by Gasteiger charge is -2.35. The Balaban J connectivity index is 1.67. The highest BCUT2D eigenvalue weighted by atomic mass is 32.2. The van der Waals surface area contributed by atoms with Crippen LogP contribution in [-0.4, -0.2) is 69.8 Å². The fraction of sp³-hybridized carbons (Fsp3) is 0.435. The van der Waals surface area contributed by atoms with Crippen LogP contribution in [0.4, 0.5) is 0 Å². The summed E-state index contributed by atoms with van der Waals surface area (Å²) in [5.41, 5.74) is 0.340. The smallest absolute Gasteiger partial charge is 0.335 e. The van der Waals surface area contributed by atoms with Gasteiger partial charge in [0.05, 0.1) is 17.2 Å². The number of likely N-dealkylation sites (tertiary alicyclic amines) is 1. The number of carbonyl (C=O) groups excluding carboxylic acids is 3. The highest BCUT2D eigenvalue weighted by Crippen LogP contribution is 2.38. The summed E-state index contributed by atoms with van der Waals surface area (Å²) in [5.74, 6) is -1.57. The fourth-order valence-corrected chi connectivity index (χ4v) is 5.78. The summed E-state index contributed by atoms with van der Waals surface area (Å²) in [6.07, 6.45) is 2.05. The Morgan fingerprint density at radius 3 is 2.59 bits per heavy atom. The molecule has 1 aliphatic heterocycles. The first kappa shape index (κ1) is 26.2. The van der Waals surface area contributed by atoms with Crippen LogP contribution in [0, 0.1) is 0 Å². The predicted molar refractivity (Wildman–Crippen MR) is 132 cm³/mol. The summed E-state index contributed by atoms with van der Waals surface area (Å²) in [4.78, 5) is 57.8. The molecule has 0 saturated carbocycles. The van der Waals surface area contributed by atoms with Crippen LogP contribution in [0.2, 0.25) is 0 Å². The van der Waals surface area contributed by atoms with Gasteiger partial charge in [-0.25, -0.2) is 0 Å². The molecule has 184 valence electrons. The van der Waals surface area contributed by atoms with Crippen molar-refractivity contribution in [1.82, 2.24) is 15.5 Å². The summed E-state index contributed by atoms with van der Waals surface area (Å²) in [5, 5.41) is 7.56. The molecule has 3 rings (SSSR count). The molecule has 2 aromatic carbocycles.